The van der Waals surface area contributed by atoms with Crippen LogP contribution in [0.2, 0.25) is 0 Å². The predicted molar refractivity (Wildman–Crippen MR) is 80.1 cm³/mol. The van der Waals surface area contributed by atoms with Gasteiger partial charge in [0.05, 0.1) is 0 Å². The molecule has 0 aliphatic rings. The molecule has 0 aliphatic carbocycles. The first-order valence-corrected chi connectivity index (χ1v) is 7.51. The van der Waals surface area contributed by atoms with Crippen LogP contribution in [0, 0.1) is 6.92 Å². The lowest BCUT2D eigenvalue weighted by Gasteiger charge is -1.98. The van der Waals surface area contributed by atoms with Gasteiger partial charge in [-0.25, -0.2) is 0 Å². The van der Waals surface area contributed by atoms with E-state index < -0.39 is 0 Å². The molecule has 0 unspecified atom stereocenters. The number of unbranched alkanes of at least 4 members (excludes halogenated alkanes) is 8. The van der Waals surface area contributed by atoms with Crippen LogP contribution in [-0.2, 0) is 0 Å². The Kier molecular flexibility index (Phi) is 15.0. The molecule has 0 heterocycles. The van der Waals surface area contributed by atoms with E-state index in [9.17, 15) is 0 Å². The average molecular weight is 235 g/mol. The topological polar surface area (TPSA) is 0 Å². The maximum absolute atomic E-state index is 3.78. The maximum atomic E-state index is 3.78. The standard InChI is InChI=1S/C17H31/c1-3-5-7-9-11-13-15-17-16-14-12-10-8-6-4-2/h5,7,13,15H,1,3-4,6,8-12,14,16-17H2,2H3/b7-5+,15-13+. The summed E-state index contributed by atoms with van der Waals surface area (Å²) in [6, 6.07) is 0. The highest BCUT2D eigenvalue weighted by Gasteiger charge is 1.89. The van der Waals surface area contributed by atoms with Gasteiger partial charge in [-0.05, 0) is 39.0 Å². The largest absolute Gasteiger partial charge is 0.0885 e. The van der Waals surface area contributed by atoms with Gasteiger partial charge in [-0.1, -0.05) is 69.8 Å². The lowest BCUT2D eigenvalue weighted by atomic mass is 10.1. The van der Waals surface area contributed by atoms with Gasteiger partial charge in [0.1, 0.15) is 0 Å². The normalized spacial score (nSPS) is 11.9. The quantitative estimate of drug-likeness (QED) is 0.277. The summed E-state index contributed by atoms with van der Waals surface area (Å²) in [7, 11) is 0. The third kappa shape index (κ3) is 15.5. The lowest BCUT2D eigenvalue weighted by Crippen LogP contribution is -1.78. The second-order valence-electron chi connectivity index (χ2n) is 4.72. The Morgan fingerprint density at radius 2 is 1.18 bits per heavy atom. The van der Waals surface area contributed by atoms with Crippen LogP contribution in [0.5, 0.6) is 0 Å². The van der Waals surface area contributed by atoms with Crippen molar-refractivity contribution < 1.29 is 0 Å². The van der Waals surface area contributed by atoms with Crippen LogP contribution in [0.25, 0.3) is 0 Å². The minimum Gasteiger partial charge on any atom is -0.0885 e. The molecule has 0 atom stereocenters. The van der Waals surface area contributed by atoms with E-state index >= 15 is 0 Å². The molecule has 0 aromatic rings. The van der Waals surface area contributed by atoms with Gasteiger partial charge in [0.15, 0.2) is 0 Å². The van der Waals surface area contributed by atoms with Crippen molar-refractivity contribution in [1.82, 2.24) is 0 Å². The van der Waals surface area contributed by atoms with Crippen molar-refractivity contribution in [1.29, 1.82) is 0 Å². The summed E-state index contributed by atoms with van der Waals surface area (Å²) < 4.78 is 0. The third-order valence-electron chi connectivity index (χ3n) is 2.97. The zero-order valence-electron chi connectivity index (χ0n) is 11.8. The maximum Gasteiger partial charge on any atom is -0.0316 e. The van der Waals surface area contributed by atoms with Crippen molar-refractivity contribution in [2.45, 2.75) is 77.6 Å². The van der Waals surface area contributed by atoms with Gasteiger partial charge in [0, 0.05) is 0 Å². The van der Waals surface area contributed by atoms with Crippen LogP contribution in [0.3, 0.4) is 0 Å². The Bertz CT molecular complexity index is 176. The molecule has 0 spiro atoms. The van der Waals surface area contributed by atoms with Crippen molar-refractivity contribution in [2.24, 2.45) is 0 Å². The van der Waals surface area contributed by atoms with Crippen molar-refractivity contribution in [3.8, 4) is 0 Å². The molecule has 99 valence electrons. The molecule has 17 heavy (non-hydrogen) atoms. The molecule has 1 radical (unpaired) electrons. The Hall–Kier alpha value is -0.520. The van der Waals surface area contributed by atoms with Gasteiger partial charge < -0.3 is 0 Å². The highest BCUT2D eigenvalue weighted by Crippen LogP contribution is 2.08. The first kappa shape index (κ1) is 16.5. The van der Waals surface area contributed by atoms with Gasteiger partial charge in [-0.15, -0.1) is 0 Å². The Balaban J connectivity index is 3.06. The van der Waals surface area contributed by atoms with Gasteiger partial charge in [0.25, 0.3) is 0 Å². The molecule has 0 rings (SSSR count). The van der Waals surface area contributed by atoms with Crippen LogP contribution >= 0.6 is 0 Å². The van der Waals surface area contributed by atoms with E-state index in [1.54, 1.807) is 0 Å². The molecule has 0 saturated heterocycles. The molecular weight excluding hydrogens is 204 g/mol. The second-order valence-corrected chi connectivity index (χ2v) is 4.72. The highest BCUT2D eigenvalue weighted by atomic mass is 13.9. The molecular formula is C17H31. The Morgan fingerprint density at radius 3 is 1.82 bits per heavy atom. The van der Waals surface area contributed by atoms with Crippen LogP contribution in [-0.4, -0.2) is 0 Å². The van der Waals surface area contributed by atoms with Crippen LogP contribution in [0.1, 0.15) is 77.6 Å². The Labute approximate surface area is 109 Å². The molecule has 0 saturated carbocycles. The SMILES string of the molecule is [CH2]C/C=C/CC/C=C/CCCCCCCCC. The third-order valence-corrected chi connectivity index (χ3v) is 2.97. The van der Waals surface area contributed by atoms with Gasteiger partial charge in [-0.2, -0.15) is 0 Å². The molecule has 0 nitrogen and oxygen atoms in total. The van der Waals surface area contributed by atoms with Crippen LogP contribution < -0.4 is 0 Å². The summed E-state index contributed by atoms with van der Waals surface area (Å²) in [5.74, 6) is 0. The summed E-state index contributed by atoms with van der Waals surface area (Å²) in [6.45, 7) is 6.05. The van der Waals surface area contributed by atoms with Crippen molar-refractivity contribution >= 4 is 0 Å². The van der Waals surface area contributed by atoms with Crippen LogP contribution in [0.15, 0.2) is 24.3 Å². The number of hydrogen-bond acceptors (Lipinski definition) is 0. The number of allylic oxidation sites excluding steroid dienone is 4. The fraction of sp³-hybridized carbons (Fsp3) is 0.706. The molecule has 0 aliphatic heterocycles. The number of rotatable bonds is 12. The summed E-state index contributed by atoms with van der Waals surface area (Å²) in [5, 5.41) is 0. The van der Waals surface area contributed by atoms with Crippen LogP contribution in [0.4, 0.5) is 0 Å². The van der Waals surface area contributed by atoms with E-state index in [2.05, 4.69) is 38.2 Å². The average Bonchev–Trinajstić information content (AvgIpc) is 2.35. The molecule has 0 fully saturated rings. The van der Waals surface area contributed by atoms with E-state index in [0.717, 1.165) is 6.42 Å². The zero-order valence-corrected chi connectivity index (χ0v) is 11.8. The first-order chi connectivity index (χ1) is 8.41. The van der Waals surface area contributed by atoms with E-state index in [0.29, 0.717) is 0 Å². The summed E-state index contributed by atoms with van der Waals surface area (Å²) in [6.07, 6.45) is 23.5. The molecule has 0 N–H and O–H groups in total. The molecule has 0 bridgehead atoms. The van der Waals surface area contributed by atoms with E-state index in [-0.39, 0.29) is 0 Å². The summed E-state index contributed by atoms with van der Waals surface area (Å²) >= 11 is 0. The molecule has 0 heteroatoms. The lowest BCUT2D eigenvalue weighted by molar-refractivity contribution is 0.592. The van der Waals surface area contributed by atoms with E-state index in [1.165, 1.54) is 64.2 Å². The van der Waals surface area contributed by atoms with Crippen molar-refractivity contribution in [2.75, 3.05) is 0 Å². The second kappa shape index (κ2) is 15.5. The fourth-order valence-corrected chi connectivity index (χ4v) is 1.88. The van der Waals surface area contributed by atoms with Crippen molar-refractivity contribution in [3.05, 3.63) is 31.2 Å². The van der Waals surface area contributed by atoms with Crippen molar-refractivity contribution in [3.63, 3.8) is 0 Å². The number of hydrogen-bond donors (Lipinski definition) is 0. The minimum absolute atomic E-state index is 0.918. The fourth-order valence-electron chi connectivity index (χ4n) is 1.88. The molecule has 0 aromatic carbocycles. The van der Waals surface area contributed by atoms with Gasteiger partial charge in [0.2, 0.25) is 0 Å². The minimum atomic E-state index is 0.918. The van der Waals surface area contributed by atoms with Gasteiger partial charge >= 0.3 is 0 Å². The summed E-state index contributed by atoms with van der Waals surface area (Å²) in [5.41, 5.74) is 0. The summed E-state index contributed by atoms with van der Waals surface area (Å²) in [4.78, 5) is 0. The van der Waals surface area contributed by atoms with E-state index in [4.69, 9.17) is 0 Å². The van der Waals surface area contributed by atoms with E-state index in [1.807, 2.05) is 0 Å². The monoisotopic (exact) mass is 235 g/mol. The zero-order chi connectivity index (χ0) is 12.6. The predicted octanol–water partition coefficient (Wildman–Crippen LogP) is 6.24. The molecule has 0 aromatic heterocycles. The smallest absolute Gasteiger partial charge is 0.0316 e. The first-order valence-electron chi connectivity index (χ1n) is 7.51. The van der Waals surface area contributed by atoms with Gasteiger partial charge in [-0.3, -0.25) is 0 Å². The highest BCUT2D eigenvalue weighted by molar-refractivity contribution is 4.88. The molecule has 0 amide bonds. The Morgan fingerprint density at radius 1 is 0.647 bits per heavy atom.